The molecule has 1 N–H and O–H groups in total. The Morgan fingerprint density at radius 1 is 1.15 bits per heavy atom. The molecule has 0 saturated heterocycles. The molecule has 4 nitrogen and oxygen atoms in total. The van der Waals surface area contributed by atoms with Crippen LogP contribution in [0, 0.1) is 5.41 Å². The summed E-state index contributed by atoms with van der Waals surface area (Å²) in [6, 6.07) is 6.70. The molecule has 0 unspecified atom stereocenters. The minimum Gasteiger partial charge on any atom is -0.393 e. The van der Waals surface area contributed by atoms with Gasteiger partial charge in [-0.15, -0.1) is 0 Å². The van der Waals surface area contributed by atoms with Crippen LogP contribution >= 0.6 is 0 Å². The highest BCUT2D eigenvalue weighted by Crippen LogP contribution is 2.41. The van der Waals surface area contributed by atoms with E-state index in [0.29, 0.717) is 17.5 Å². The highest BCUT2D eigenvalue weighted by Gasteiger charge is 2.47. The van der Waals surface area contributed by atoms with E-state index in [1.54, 1.807) is 24.3 Å². The maximum absolute atomic E-state index is 12.5. The summed E-state index contributed by atoms with van der Waals surface area (Å²) in [7, 11) is 0. The van der Waals surface area contributed by atoms with Crippen molar-refractivity contribution in [2.24, 2.45) is 5.41 Å². The number of carbonyl (C=O) groups is 2. The van der Waals surface area contributed by atoms with Gasteiger partial charge in [-0.3, -0.25) is 14.5 Å². The summed E-state index contributed by atoms with van der Waals surface area (Å²) >= 11 is 0. The molecule has 0 bridgehead atoms. The number of nitrogens with zero attached hydrogens (tertiary/aromatic N) is 1. The number of imide groups is 1. The van der Waals surface area contributed by atoms with E-state index in [1.807, 2.05) is 0 Å². The van der Waals surface area contributed by atoms with Crippen molar-refractivity contribution in [2.75, 3.05) is 0 Å². The van der Waals surface area contributed by atoms with Gasteiger partial charge < -0.3 is 5.11 Å². The molecule has 20 heavy (non-hydrogen) atoms. The molecule has 1 saturated carbocycles. The van der Waals surface area contributed by atoms with E-state index in [2.05, 4.69) is 13.8 Å². The molecule has 106 valence electrons. The van der Waals surface area contributed by atoms with E-state index in [-0.39, 0.29) is 23.3 Å². The zero-order chi connectivity index (χ0) is 14.5. The summed E-state index contributed by atoms with van der Waals surface area (Å²) < 4.78 is 0. The Labute approximate surface area is 118 Å². The Kier molecular flexibility index (Phi) is 2.94. The average Bonchev–Trinajstić information content (AvgIpc) is 2.66. The van der Waals surface area contributed by atoms with E-state index < -0.39 is 6.10 Å². The van der Waals surface area contributed by atoms with Gasteiger partial charge in [-0.1, -0.05) is 26.0 Å². The minimum absolute atomic E-state index is 0.160. The molecule has 1 heterocycles. The molecule has 0 spiro atoms. The Balaban J connectivity index is 1.99. The molecule has 1 aromatic carbocycles. The summed E-state index contributed by atoms with van der Waals surface area (Å²) in [5, 5.41) is 9.91. The van der Waals surface area contributed by atoms with Crippen LogP contribution in [-0.2, 0) is 0 Å². The van der Waals surface area contributed by atoms with Crippen molar-refractivity contribution in [3.05, 3.63) is 35.4 Å². The van der Waals surface area contributed by atoms with Gasteiger partial charge in [-0.05, 0) is 36.8 Å². The molecule has 2 atom stereocenters. The van der Waals surface area contributed by atoms with Gasteiger partial charge in [0, 0.05) is 6.04 Å². The molecule has 2 amide bonds. The lowest BCUT2D eigenvalue weighted by molar-refractivity contribution is 0.000400. The lowest BCUT2D eigenvalue weighted by Gasteiger charge is -2.44. The van der Waals surface area contributed by atoms with E-state index in [1.165, 1.54) is 4.90 Å². The standard InChI is InChI=1S/C16H19NO3/c1-16(2)8-7-10(18)9-13(16)17-14(19)11-5-3-4-6-12(11)15(17)20/h3-6,10,13,18H,7-9H2,1-2H3/t10-,13-/m0/s1. The topological polar surface area (TPSA) is 57.6 Å². The van der Waals surface area contributed by atoms with Crippen molar-refractivity contribution >= 4 is 11.8 Å². The zero-order valence-corrected chi connectivity index (χ0v) is 11.8. The van der Waals surface area contributed by atoms with Gasteiger partial charge in [0.05, 0.1) is 17.2 Å². The number of amides is 2. The molecule has 4 heteroatoms. The second-order valence-electron chi connectivity index (χ2n) is 6.46. The molecule has 2 aliphatic rings. The van der Waals surface area contributed by atoms with Crippen LogP contribution < -0.4 is 0 Å². The Bertz CT molecular complexity index is 544. The predicted molar refractivity (Wildman–Crippen MR) is 74.4 cm³/mol. The zero-order valence-electron chi connectivity index (χ0n) is 11.8. The van der Waals surface area contributed by atoms with Gasteiger partial charge in [-0.2, -0.15) is 0 Å². The number of rotatable bonds is 1. The normalized spacial score (nSPS) is 28.6. The number of aliphatic hydroxyl groups is 1. The highest BCUT2D eigenvalue weighted by atomic mass is 16.3. The van der Waals surface area contributed by atoms with Crippen molar-refractivity contribution in [2.45, 2.75) is 45.3 Å². The number of carbonyl (C=O) groups excluding carboxylic acids is 2. The van der Waals surface area contributed by atoms with Crippen LogP contribution in [0.2, 0.25) is 0 Å². The fourth-order valence-electron chi connectivity index (χ4n) is 3.35. The molecule has 1 aliphatic carbocycles. The monoisotopic (exact) mass is 273 g/mol. The van der Waals surface area contributed by atoms with E-state index in [9.17, 15) is 14.7 Å². The second-order valence-corrected chi connectivity index (χ2v) is 6.46. The van der Waals surface area contributed by atoms with Crippen molar-refractivity contribution in [1.29, 1.82) is 0 Å². The summed E-state index contributed by atoms with van der Waals surface area (Å²) in [6.45, 7) is 4.13. The number of benzene rings is 1. The molecule has 0 radical (unpaired) electrons. The fraction of sp³-hybridized carbons (Fsp3) is 0.500. The van der Waals surface area contributed by atoms with Crippen LogP contribution in [0.1, 0.15) is 53.8 Å². The van der Waals surface area contributed by atoms with Gasteiger partial charge in [-0.25, -0.2) is 0 Å². The van der Waals surface area contributed by atoms with Gasteiger partial charge >= 0.3 is 0 Å². The first kappa shape index (κ1) is 13.3. The van der Waals surface area contributed by atoms with Crippen LogP contribution in [0.25, 0.3) is 0 Å². The smallest absolute Gasteiger partial charge is 0.261 e. The highest BCUT2D eigenvalue weighted by molar-refractivity contribution is 6.21. The number of hydrogen-bond donors (Lipinski definition) is 1. The number of fused-ring (bicyclic) bond motifs is 1. The third kappa shape index (κ3) is 1.86. The van der Waals surface area contributed by atoms with Crippen LogP contribution in [0.5, 0.6) is 0 Å². The summed E-state index contributed by atoms with van der Waals surface area (Å²) in [5.41, 5.74) is 0.800. The van der Waals surface area contributed by atoms with Crippen LogP contribution in [0.3, 0.4) is 0 Å². The lowest BCUT2D eigenvalue weighted by Crippen LogP contribution is -2.52. The Morgan fingerprint density at radius 2 is 1.70 bits per heavy atom. The molecule has 3 rings (SSSR count). The second kappa shape index (κ2) is 4.42. The molecule has 0 aromatic heterocycles. The Hall–Kier alpha value is -1.68. The van der Waals surface area contributed by atoms with Crippen molar-refractivity contribution in [3.63, 3.8) is 0 Å². The third-order valence-electron chi connectivity index (χ3n) is 4.66. The first-order chi connectivity index (χ1) is 9.42. The van der Waals surface area contributed by atoms with E-state index in [0.717, 1.165) is 12.8 Å². The van der Waals surface area contributed by atoms with Gasteiger partial charge in [0.15, 0.2) is 0 Å². The quantitative estimate of drug-likeness (QED) is 0.798. The first-order valence-electron chi connectivity index (χ1n) is 7.07. The average molecular weight is 273 g/mol. The van der Waals surface area contributed by atoms with Gasteiger partial charge in [0.1, 0.15) is 0 Å². The van der Waals surface area contributed by atoms with Gasteiger partial charge in [0.25, 0.3) is 11.8 Å². The Morgan fingerprint density at radius 3 is 2.25 bits per heavy atom. The minimum atomic E-state index is -0.433. The summed E-state index contributed by atoms with van der Waals surface area (Å²) in [6.07, 6.45) is 1.58. The molecule has 1 aliphatic heterocycles. The molecular formula is C16H19NO3. The van der Waals surface area contributed by atoms with Crippen LogP contribution in [0.15, 0.2) is 24.3 Å². The van der Waals surface area contributed by atoms with Crippen molar-refractivity contribution in [1.82, 2.24) is 4.90 Å². The van der Waals surface area contributed by atoms with Crippen LogP contribution in [0.4, 0.5) is 0 Å². The lowest BCUT2D eigenvalue weighted by atomic mass is 9.71. The largest absolute Gasteiger partial charge is 0.393 e. The van der Waals surface area contributed by atoms with Crippen LogP contribution in [-0.4, -0.2) is 34.0 Å². The predicted octanol–water partition coefficient (Wildman–Crippen LogP) is 2.22. The summed E-state index contributed by atoms with van der Waals surface area (Å²) in [5.74, 6) is -0.449. The van der Waals surface area contributed by atoms with Crippen molar-refractivity contribution in [3.8, 4) is 0 Å². The molecular weight excluding hydrogens is 254 g/mol. The SMILES string of the molecule is CC1(C)CC[C@H](O)C[C@@H]1N1C(=O)c2ccccc2C1=O. The maximum Gasteiger partial charge on any atom is 0.261 e. The van der Waals surface area contributed by atoms with E-state index in [4.69, 9.17) is 0 Å². The van der Waals surface area contributed by atoms with E-state index >= 15 is 0 Å². The number of aliphatic hydroxyl groups excluding tert-OH is 1. The molecule has 1 aromatic rings. The summed E-state index contributed by atoms with van der Waals surface area (Å²) in [4.78, 5) is 26.4. The van der Waals surface area contributed by atoms with Gasteiger partial charge in [0.2, 0.25) is 0 Å². The van der Waals surface area contributed by atoms with Crippen molar-refractivity contribution < 1.29 is 14.7 Å². The fourth-order valence-corrected chi connectivity index (χ4v) is 3.35. The first-order valence-corrected chi connectivity index (χ1v) is 7.07. The number of hydrogen-bond acceptors (Lipinski definition) is 3. The maximum atomic E-state index is 12.5. The third-order valence-corrected chi connectivity index (χ3v) is 4.66. The molecule has 1 fully saturated rings.